The van der Waals surface area contributed by atoms with Gasteiger partial charge in [0.25, 0.3) is 0 Å². The monoisotopic (exact) mass is 388 g/mol. The molecule has 0 aliphatic carbocycles. The van der Waals surface area contributed by atoms with Crippen molar-refractivity contribution >= 4 is 17.7 Å². The molecule has 1 aliphatic heterocycles. The maximum atomic E-state index is 15.4. The molecule has 1 fully saturated rings. The Morgan fingerprint density at radius 3 is 2.58 bits per heavy atom. The molecule has 2 heterocycles. The summed E-state index contributed by atoms with van der Waals surface area (Å²) in [6.45, 7) is 5.42. The number of pyridine rings is 1. The molecule has 1 aromatic rings. The van der Waals surface area contributed by atoms with Crippen LogP contribution in [0.2, 0.25) is 5.02 Å². The number of nitrogens with zero attached hydrogens (tertiary/aromatic N) is 2. The minimum Gasteiger partial charge on any atom is -0.444 e. The lowest BCUT2D eigenvalue weighted by Gasteiger charge is -2.37. The zero-order chi connectivity index (χ0) is 19.5. The Labute approximate surface area is 157 Å². The van der Waals surface area contributed by atoms with Crippen molar-refractivity contribution < 1.29 is 24.1 Å². The van der Waals surface area contributed by atoms with Gasteiger partial charge in [0.1, 0.15) is 5.60 Å². The van der Waals surface area contributed by atoms with Gasteiger partial charge in [-0.1, -0.05) is 11.6 Å². The lowest BCUT2D eigenvalue weighted by atomic mass is 9.89. The molecule has 2 N–H and O–H groups in total. The fourth-order valence-corrected chi connectivity index (χ4v) is 3.22. The number of ether oxygens (including phenoxy) is 1. The number of alkyl halides is 1. The van der Waals surface area contributed by atoms with Crippen LogP contribution in [-0.2, 0) is 16.8 Å². The smallest absolute Gasteiger partial charge is 0.410 e. The lowest BCUT2D eigenvalue weighted by Crippen LogP contribution is -2.45. The number of likely N-dealkylation sites (tertiary alicyclic amines) is 1. The number of halogens is 2. The number of hydrogen-bond donors (Lipinski definition) is 2. The molecule has 0 radical (unpaired) electrons. The first kappa shape index (κ1) is 20.9. The fourth-order valence-electron chi connectivity index (χ4n) is 2.86. The van der Waals surface area contributed by atoms with E-state index in [9.17, 15) is 9.90 Å². The number of aliphatic hydroxyl groups excluding tert-OH is 2. The molecule has 146 valence electrons. The number of piperidine rings is 1. The summed E-state index contributed by atoms with van der Waals surface area (Å²) in [5.74, 6) is 0. The SMILES string of the molecule is CC(C)(C)OC(=O)N1CCC(F)(c2ncc(C[C@H](O)CO)cc2Cl)CC1. The Morgan fingerprint density at radius 2 is 2.08 bits per heavy atom. The van der Waals surface area contributed by atoms with E-state index in [0.717, 1.165) is 0 Å². The molecule has 26 heavy (non-hydrogen) atoms. The third kappa shape index (κ3) is 5.28. The van der Waals surface area contributed by atoms with Crippen LogP contribution in [0.15, 0.2) is 12.3 Å². The van der Waals surface area contributed by atoms with E-state index in [0.29, 0.717) is 5.56 Å². The Kier molecular flexibility index (Phi) is 6.47. The first-order valence-electron chi connectivity index (χ1n) is 8.65. The summed E-state index contributed by atoms with van der Waals surface area (Å²) in [5.41, 5.74) is -1.55. The third-order valence-corrected chi connectivity index (χ3v) is 4.50. The van der Waals surface area contributed by atoms with Crippen LogP contribution in [0, 0.1) is 0 Å². The zero-order valence-electron chi connectivity index (χ0n) is 15.3. The average molecular weight is 389 g/mol. The second kappa shape index (κ2) is 8.06. The highest BCUT2D eigenvalue weighted by atomic mass is 35.5. The summed E-state index contributed by atoms with van der Waals surface area (Å²) in [6.07, 6.45) is 0.452. The second-order valence-electron chi connectivity index (χ2n) is 7.65. The Balaban J connectivity index is 2.05. The van der Waals surface area contributed by atoms with E-state index in [4.69, 9.17) is 21.4 Å². The van der Waals surface area contributed by atoms with E-state index in [1.165, 1.54) is 11.1 Å². The largest absolute Gasteiger partial charge is 0.444 e. The van der Waals surface area contributed by atoms with Crippen LogP contribution in [0.25, 0.3) is 0 Å². The van der Waals surface area contributed by atoms with E-state index in [2.05, 4.69) is 4.98 Å². The van der Waals surface area contributed by atoms with Gasteiger partial charge in [-0.05, 0) is 32.4 Å². The van der Waals surface area contributed by atoms with Crippen molar-refractivity contribution in [3.05, 3.63) is 28.5 Å². The van der Waals surface area contributed by atoms with Crippen LogP contribution >= 0.6 is 11.6 Å². The van der Waals surface area contributed by atoms with Gasteiger partial charge in [-0.15, -0.1) is 0 Å². The van der Waals surface area contributed by atoms with Crippen LogP contribution in [0.5, 0.6) is 0 Å². The van der Waals surface area contributed by atoms with Gasteiger partial charge in [0.2, 0.25) is 0 Å². The lowest BCUT2D eigenvalue weighted by molar-refractivity contribution is 0.00129. The maximum Gasteiger partial charge on any atom is 0.410 e. The molecule has 8 heteroatoms. The molecule has 0 spiro atoms. The fraction of sp³-hybridized carbons (Fsp3) is 0.667. The second-order valence-corrected chi connectivity index (χ2v) is 8.05. The third-order valence-electron chi connectivity index (χ3n) is 4.21. The number of rotatable bonds is 4. The van der Waals surface area contributed by atoms with Crippen molar-refractivity contribution in [1.29, 1.82) is 0 Å². The van der Waals surface area contributed by atoms with Crippen LogP contribution in [-0.4, -0.2) is 57.6 Å². The summed E-state index contributed by atoms with van der Waals surface area (Å²) in [4.78, 5) is 17.7. The van der Waals surface area contributed by atoms with E-state index >= 15 is 4.39 Å². The quantitative estimate of drug-likeness (QED) is 0.828. The van der Waals surface area contributed by atoms with Crippen molar-refractivity contribution in [2.75, 3.05) is 19.7 Å². The van der Waals surface area contributed by atoms with Crippen molar-refractivity contribution in [2.45, 2.75) is 57.4 Å². The number of aliphatic hydroxyl groups is 2. The molecular weight excluding hydrogens is 363 g/mol. The molecule has 2 rings (SSSR count). The minimum atomic E-state index is -1.72. The molecule has 1 amide bonds. The summed E-state index contributed by atoms with van der Waals surface area (Å²) in [5, 5.41) is 18.6. The van der Waals surface area contributed by atoms with Gasteiger partial charge < -0.3 is 19.8 Å². The highest BCUT2D eigenvalue weighted by molar-refractivity contribution is 6.31. The molecule has 0 bridgehead atoms. The summed E-state index contributed by atoms with van der Waals surface area (Å²) >= 11 is 6.21. The van der Waals surface area contributed by atoms with E-state index in [1.54, 1.807) is 26.8 Å². The van der Waals surface area contributed by atoms with Gasteiger partial charge in [0.05, 0.1) is 23.4 Å². The number of amides is 1. The normalized spacial score (nSPS) is 18.5. The number of aromatic nitrogens is 1. The van der Waals surface area contributed by atoms with E-state index in [-0.39, 0.29) is 49.7 Å². The Hall–Kier alpha value is -1.44. The Bertz CT molecular complexity index is 643. The number of carbonyl (C=O) groups excluding carboxylic acids is 1. The van der Waals surface area contributed by atoms with Crippen LogP contribution in [0.4, 0.5) is 9.18 Å². The van der Waals surface area contributed by atoms with Gasteiger partial charge in [-0.3, -0.25) is 4.98 Å². The average Bonchev–Trinajstić information content (AvgIpc) is 2.53. The predicted molar refractivity (Wildman–Crippen MR) is 95.9 cm³/mol. The number of carbonyl (C=O) groups is 1. The van der Waals surface area contributed by atoms with Gasteiger partial charge in [-0.25, -0.2) is 9.18 Å². The van der Waals surface area contributed by atoms with Crippen LogP contribution in [0.1, 0.15) is 44.9 Å². The topological polar surface area (TPSA) is 82.9 Å². The van der Waals surface area contributed by atoms with Crippen molar-refractivity contribution in [1.82, 2.24) is 9.88 Å². The highest BCUT2D eigenvalue weighted by Gasteiger charge is 2.41. The van der Waals surface area contributed by atoms with Crippen molar-refractivity contribution in [3.63, 3.8) is 0 Å². The number of hydrogen-bond acceptors (Lipinski definition) is 5. The first-order valence-corrected chi connectivity index (χ1v) is 9.02. The van der Waals surface area contributed by atoms with Crippen LogP contribution in [0.3, 0.4) is 0 Å². The van der Waals surface area contributed by atoms with Crippen LogP contribution < -0.4 is 0 Å². The zero-order valence-corrected chi connectivity index (χ0v) is 16.1. The minimum absolute atomic E-state index is 0.0809. The van der Waals surface area contributed by atoms with E-state index in [1.807, 2.05) is 0 Å². The molecule has 1 aliphatic rings. The molecule has 0 saturated carbocycles. The van der Waals surface area contributed by atoms with Gasteiger partial charge >= 0.3 is 6.09 Å². The molecule has 1 atom stereocenters. The standard InChI is InChI=1S/C18H26ClFN2O4/c1-17(2,3)26-16(25)22-6-4-18(20,5-7-22)15-14(19)9-12(10-21-15)8-13(24)11-23/h9-10,13,23-24H,4-8,11H2,1-3H3/t13-/m0/s1. The van der Waals surface area contributed by atoms with E-state index < -0.39 is 23.5 Å². The molecular formula is C18H26ClFN2O4. The highest BCUT2D eigenvalue weighted by Crippen LogP contribution is 2.39. The molecule has 0 unspecified atom stereocenters. The first-order chi connectivity index (χ1) is 12.0. The molecule has 1 aromatic heterocycles. The van der Waals surface area contributed by atoms with Crippen molar-refractivity contribution in [3.8, 4) is 0 Å². The Morgan fingerprint density at radius 1 is 1.46 bits per heavy atom. The molecule has 6 nitrogen and oxygen atoms in total. The maximum absolute atomic E-state index is 15.4. The summed E-state index contributed by atoms with van der Waals surface area (Å²) < 4.78 is 20.7. The molecule has 0 aromatic carbocycles. The summed E-state index contributed by atoms with van der Waals surface area (Å²) in [7, 11) is 0. The molecule has 1 saturated heterocycles. The van der Waals surface area contributed by atoms with Gasteiger partial charge in [-0.2, -0.15) is 0 Å². The summed E-state index contributed by atoms with van der Waals surface area (Å²) in [6, 6.07) is 1.56. The van der Waals surface area contributed by atoms with Gasteiger partial charge in [0, 0.05) is 38.5 Å². The van der Waals surface area contributed by atoms with Gasteiger partial charge in [0.15, 0.2) is 5.67 Å². The predicted octanol–water partition coefficient (Wildman–Crippen LogP) is 2.83. The van der Waals surface area contributed by atoms with Crippen molar-refractivity contribution in [2.24, 2.45) is 0 Å².